The molecule has 0 fully saturated rings. The van der Waals surface area contributed by atoms with E-state index in [0.717, 1.165) is 11.1 Å². The van der Waals surface area contributed by atoms with E-state index in [9.17, 15) is 15.5 Å². The third-order valence-corrected chi connectivity index (χ3v) is 2.79. The predicted octanol–water partition coefficient (Wildman–Crippen LogP) is 3.47. The number of nitriles is 1. The van der Waals surface area contributed by atoms with Gasteiger partial charge in [-0.3, -0.25) is 0 Å². The summed E-state index contributed by atoms with van der Waals surface area (Å²) in [5.41, 5.74) is 3.11. The fourth-order valence-electron chi connectivity index (χ4n) is 1.71. The number of allylic oxidation sites excluding steroid dienone is 1. The Morgan fingerprint density at radius 2 is 1.74 bits per heavy atom. The van der Waals surface area contributed by atoms with Gasteiger partial charge in [0.2, 0.25) is 0 Å². The molecule has 0 aliphatic rings. The van der Waals surface area contributed by atoms with Crippen molar-refractivity contribution in [3.63, 3.8) is 0 Å². The van der Waals surface area contributed by atoms with Crippen molar-refractivity contribution in [2.24, 2.45) is 0 Å². The van der Waals surface area contributed by atoms with Crippen LogP contribution in [0.3, 0.4) is 0 Å². The number of phenols is 2. The zero-order valence-corrected chi connectivity index (χ0v) is 10.5. The summed E-state index contributed by atoms with van der Waals surface area (Å²) in [5, 5.41) is 27.9. The van der Waals surface area contributed by atoms with Crippen LogP contribution in [0.1, 0.15) is 16.7 Å². The lowest BCUT2D eigenvalue weighted by atomic mass is 10.0. The summed E-state index contributed by atoms with van der Waals surface area (Å²) >= 11 is 0. The fourth-order valence-corrected chi connectivity index (χ4v) is 1.71. The van der Waals surface area contributed by atoms with Crippen LogP contribution in [0, 0.1) is 18.3 Å². The van der Waals surface area contributed by atoms with Crippen molar-refractivity contribution < 1.29 is 10.2 Å². The van der Waals surface area contributed by atoms with Crippen LogP contribution in [0.4, 0.5) is 0 Å². The maximum atomic E-state index is 9.43. The first kappa shape index (κ1) is 12.7. The molecular formula is C16H13NO2. The summed E-state index contributed by atoms with van der Waals surface area (Å²) in [7, 11) is 0. The summed E-state index contributed by atoms with van der Waals surface area (Å²) in [5.74, 6) is -0.374. The first-order valence-electron chi connectivity index (χ1n) is 5.81. The summed E-state index contributed by atoms with van der Waals surface area (Å²) in [4.78, 5) is 0. The average Bonchev–Trinajstić information content (AvgIpc) is 2.41. The van der Waals surface area contributed by atoms with Crippen LogP contribution < -0.4 is 0 Å². The van der Waals surface area contributed by atoms with Crippen LogP contribution in [0.25, 0.3) is 11.6 Å². The molecule has 2 aromatic carbocycles. The molecule has 19 heavy (non-hydrogen) atoms. The lowest BCUT2D eigenvalue weighted by Gasteiger charge is -2.02. The van der Waals surface area contributed by atoms with Crippen molar-refractivity contribution in [3.8, 4) is 17.6 Å². The molecule has 0 bridgehead atoms. The maximum Gasteiger partial charge on any atom is 0.157 e. The van der Waals surface area contributed by atoms with Gasteiger partial charge in [0.05, 0.1) is 11.6 Å². The molecule has 0 heterocycles. The van der Waals surface area contributed by atoms with E-state index in [1.807, 2.05) is 31.2 Å². The first-order chi connectivity index (χ1) is 9.10. The number of hydrogen-bond donors (Lipinski definition) is 2. The van der Waals surface area contributed by atoms with Crippen molar-refractivity contribution in [2.75, 3.05) is 0 Å². The number of hydrogen-bond acceptors (Lipinski definition) is 3. The van der Waals surface area contributed by atoms with E-state index in [2.05, 4.69) is 6.07 Å². The van der Waals surface area contributed by atoms with Gasteiger partial charge < -0.3 is 10.2 Å². The highest BCUT2D eigenvalue weighted by Gasteiger charge is 2.03. The molecule has 2 aromatic rings. The monoisotopic (exact) mass is 251 g/mol. The number of aromatic hydroxyl groups is 2. The van der Waals surface area contributed by atoms with Gasteiger partial charge in [0.15, 0.2) is 11.5 Å². The van der Waals surface area contributed by atoms with Crippen LogP contribution in [-0.2, 0) is 0 Å². The molecule has 94 valence electrons. The van der Waals surface area contributed by atoms with Crippen molar-refractivity contribution in [1.29, 1.82) is 5.26 Å². The van der Waals surface area contributed by atoms with E-state index in [4.69, 9.17) is 0 Å². The number of nitrogens with zero attached hydrogens (tertiary/aromatic N) is 1. The quantitative estimate of drug-likeness (QED) is 0.488. The molecule has 0 aliphatic heterocycles. The fraction of sp³-hybridized carbons (Fsp3) is 0.0625. The second kappa shape index (κ2) is 5.28. The second-order valence-corrected chi connectivity index (χ2v) is 4.28. The Bertz CT molecular complexity index is 664. The largest absolute Gasteiger partial charge is 0.504 e. The van der Waals surface area contributed by atoms with E-state index >= 15 is 0 Å². The van der Waals surface area contributed by atoms with Gasteiger partial charge in [-0.1, -0.05) is 35.9 Å². The van der Waals surface area contributed by atoms with Gasteiger partial charge >= 0.3 is 0 Å². The molecule has 0 aromatic heterocycles. The minimum Gasteiger partial charge on any atom is -0.504 e. The molecule has 3 nitrogen and oxygen atoms in total. The minimum atomic E-state index is -0.199. The molecule has 2 N–H and O–H groups in total. The van der Waals surface area contributed by atoms with Crippen LogP contribution in [0.15, 0.2) is 42.5 Å². The molecule has 0 saturated carbocycles. The molecular weight excluding hydrogens is 238 g/mol. The maximum absolute atomic E-state index is 9.43. The molecule has 2 rings (SSSR count). The van der Waals surface area contributed by atoms with Gasteiger partial charge in [-0.2, -0.15) is 5.26 Å². The lowest BCUT2D eigenvalue weighted by Crippen LogP contribution is -1.83. The summed E-state index contributed by atoms with van der Waals surface area (Å²) in [6.45, 7) is 1.98. The summed E-state index contributed by atoms with van der Waals surface area (Å²) in [6, 6.07) is 14.2. The highest BCUT2D eigenvalue weighted by molar-refractivity contribution is 5.89. The van der Waals surface area contributed by atoms with Crippen molar-refractivity contribution in [2.45, 2.75) is 6.92 Å². The summed E-state index contributed by atoms with van der Waals surface area (Å²) < 4.78 is 0. The van der Waals surface area contributed by atoms with E-state index < -0.39 is 0 Å². The van der Waals surface area contributed by atoms with Crippen LogP contribution in [-0.4, -0.2) is 10.2 Å². The van der Waals surface area contributed by atoms with Gasteiger partial charge in [0, 0.05) is 0 Å². The second-order valence-electron chi connectivity index (χ2n) is 4.28. The SMILES string of the molecule is Cc1ccc(/C(C#N)=C/c2ccc(O)c(O)c2)cc1. The highest BCUT2D eigenvalue weighted by atomic mass is 16.3. The van der Waals surface area contributed by atoms with E-state index in [0.29, 0.717) is 11.1 Å². The van der Waals surface area contributed by atoms with Gasteiger partial charge in [0.25, 0.3) is 0 Å². The standard InChI is InChI=1S/C16H13NO2/c1-11-2-5-13(6-3-11)14(10-17)8-12-4-7-15(18)16(19)9-12/h2-9,18-19H,1H3/b14-8+. The third-order valence-electron chi connectivity index (χ3n) is 2.79. The number of benzene rings is 2. The first-order valence-corrected chi connectivity index (χ1v) is 5.81. The smallest absolute Gasteiger partial charge is 0.157 e. The normalized spacial score (nSPS) is 11.1. The topological polar surface area (TPSA) is 64.2 Å². The average molecular weight is 251 g/mol. The van der Waals surface area contributed by atoms with E-state index in [1.54, 1.807) is 12.1 Å². The lowest BCUT2D eigenvalue weighted by molar-refractivity contribution is 0.403. The Morgan fingerprint density at radius 3 is 2.32 bits per heavy atom. The van der Waals surface area contributed by atoms with Crippen molar-refractivity contribution in [3.05, 3.63) is 59.2 Å². The zero-order chi connectivity index (χ0) is 13.8. The highest BCUT2D eigenvalue weighted by Crippen LogP contribution is 2.27. The number of phenolic OH excluding ortho intramolecular Hbond substituents is 2. The van der Waals surface area contributed by atoms with Gasteiger partial charge in [-0.25, -0.2) is 0 Å². The Morgan fingerprint density at radius 1 is 1.05 bits per heavy atom. The minimum absolute atomic E-state index is 0.175. The Kier molecular flexibility index (Phi) is 3.53. The van der Waals surface area contributed by atoms with Gasteiger partial charge in [-0.15, -0.1) is 0 Å². The Hall–Kier alpha value is -2.73. The molecule has 3 heteroatoms. The van der Waals surface area contributed by atoms with E-state index in [-0.39, 0.29) is 11.5 Å². The molecule has 0 aliphatic carbocycles. The molecule has 0 unspecified atom stereocenters. The van der Waals surface area contributed by atoms with Crippen LogP contribution in [0.5, 0.6) is 11.5 Å². The summed E-state index contributed by atoms with van der Waals surface area (Å²) in [6.07, 6.45) is 1.67. The number of rotatable bonds is 2. The van der Waals surface area contributed by atoms with Crippen LogP contribution in [0.2, 0.25) is 0 Å². The molecule has 0 atom stereocenters. The van der Waals surface area contributed by atoms with E-state index in [1.165, 1.54) is 12.1 Å². The number of aryl methyl sites for hydroxylation is 1. The zero-order valence-electron chi connectivity index (χ0n) is 10.5. The van der Waals surface area contributed by atoms with Crippen molar-refractivity contribution in [1.82, 2.24) is 0 Å². The molecule has 0 amide bonds. The Balaban J connectivity index is 2.41. The molecule has 0 spiro atoms. The Labute approximate surface area is 111 Å². The van der Waals surface area contributed by atoms with Crippen LogP contribution >= 0.6 is 0 Å². The third kappa shape index (κ3) is 2.93. The molecule has 0 radical (unpaired) electrons. The van der Waals surface area contributed by atoms with Gasteiger partial charge in [-0.05, 0) is 36.3 Å². The van der Waals surface area contributed by atoms with Gasteiger partial charge in [0.1, 0.15) is 0 Å². The van der Waals surface area contributed by atoms with Crippen molar-refractivity contribution >= 4 is 11.6 Å². The molecule has 0 saturated heterocycles. The predicted molar refractivity (Wildman–Crippen MR) is 74.4 cm³/mol.